The molecule has 8 heteroatoms. The molecule has 7 nitrogen and oxygen atoms in total. The maximum Gasteiger partial charge on any atom is 0.400 e. The molecular weight excluding hydrogens is 780 g/mol. The van der Waals surface area contributed by atoms with Crippen LogP contribution in [-0.4, -0.2) is 20.2 Å². The van der Waals surface area contributed by atoms with Gasteiger partial charge in [0.1, 0.15) is 23.0 Å². The van der Waals surface area contributed by atoms with Crippen molar-refractivity contribution in [1.29, 1.82) is 0 Å². The van der Waals surface area contributed by atoms with E-state index in [1.54, 1.807) is 14.2 Å². The normalized spacial score (nSPS) is 15.3. The van der Waals surface area contributed by atoms with Crippen LogP contribution in [0, 0.1) is 5.41 Å². The van der Waals surface area contributed by atoms with Crippen molar-refractivity contribution < 1.29 is 32.6 Å². The van der Waals surface area contributed by atoms with Crippen molar-refractivity contribution in [2.75, 3.05) is 14.2 Å². The first-order chi connectivity index (χ1) is 28.9. The summed E-state index contributed by atoms with van der Waals surface area (Å²) in [6.45, 7) is 18.2. The monoisotopic (exact) mass is 836 g/mol. The lowest BCUT2D eigenvalue weighted by Gasteiger charge is -2.43. The predicted molar refractivity (Wildman–Crippen MR) is 245 cm³/mol. The molecule has 0 atom stereocenters. The Bertz CT molecular complexity index is 2300. The summed E-state index contributed by atoms with van der Waals surface area (Å²) in [6.07, 6.45) is 0. The second kappa shape index (κ2) is 16.8. The van der Waals surface area contributed by atoms with Crippen LogP contribution in [0.1, 0.15) is 95.7 Å². The lowest BCUT2D eigenvalue weighted by Crippen LogP contribution is -2.48. The van der Waals surface area contributed by atoms with Gasteiger partial charge in [0, 0.05) is 22.3 Å². The van der Waals surface area contributed by atoms with E-state index in [0.717, 1.165) is 33.4 Å². The van der Waals surface area contributed by atoms with Crippen molar-refractivity contribution in [2.24, 2.45) is 5.41 Å². The molecule has 1 aliphatic rings. The first-order valence-corrected chi connectivity index (χ1v) is 21.8. The number of carbonyl (C=O) groups excluding carboxylic acids is 1. The number of hydrogen-bond acceptors (Lipinski definition) is 7. The summed E-state index contributed by atoms with van der Waals surface area (Å²) >= 11 is 0. The van der Waals surface area contributed by atoms with E-state index in [-0.39, 0.29) is 5.97 Å². The van der Waals surface area contributed by atoms with Crippen LogP contribution in [0.25, 0.3) is 11.1 Å². The van der Waals surface area contributed by atoms with E-state index < -0.39 is 36.0 Å². The molecule has 7 rings (SSSR count). The molecule has 0 unspecified atom stereocenters. The first kappa shape index (κ1) is 43.6. The highest BCUT2D eigenvalue weighted by Crippen LogP contribution is 2.71. The fourth-order valence-corrected chi connectivity index (χ4v) is 9.52. The minimum Gasteiger partial charge on any atom is -0.497 e. The van der Waals surface area contributed by atoms with Crippen LogP contribution in [0.15, 0.2) is 146 Å². The number of esters is 1. The molecule has 0 amide bonds. The van der Waals surface area contributed by atoms with E-state index in [1.807, 2.05) is 118 Å². The Labute approximate surface area is 363 Å². The highest BCUT2D eigenvalue weighted by atomic mass is 31.2. The first-order valence-electron chi connectivity index (χ1n) is 20.7. The van der Waals surface area contributed by atoms with Gasteiger partial charge in [-0.1, -0.05) is 163 Å². The summed E-state index contributed by atoms with van der Waals surface area (Å²) in [7, 11) is 1.04. The third-order valence-corrected chi connectivity index (χ3v) is 12.3. The number of benzene rings is 6. The Balaban J connectivity index is 1.56. The largest absolute Gasteiger partial charge is 0.497 e. The molecule has 0 aliphatic carbocycles. The molecule has 316 valence electrons. The molecule has 1 saturated heterocycles. The van der Waals surface area contributed by atoms with Gasteiger partial charge < -0.3 is 18.7 Å². The molecule has 0 radical (unpaired) electrons. The van der Waals surface area contributed by atoms with E-state index >= 15 is 0 Å². The standard InChI is InChI=1S/C53H57O7P/c1-49(2,3)44-34-40(55-10)32-42(46(44)57-48(54)51(7,8)9)43-33-41(56-11)35-45(50(4,5)6)47(43)58-61-59-52(36-24-16-12-17-25-36,37-26-18-13-19-27-37)53(60-61,38-28-20-14-21-29-38)39-30-22-15-23-31-39/h12-35H,1-11H3. The van der Waals surface area contributed by atoms with Gasteiger partial charge in [0.2, 0.25) is 0 Å². The van der Waals surface area contributed by atoms with Gasteiger partial charge in [-0.25, -0.2) is 0 Å². The van der Waals surface area contributed by atoms with Crippen LogP contribution < -0.4 is 18.7 Å². The number of ether oxygens (including phenoxy) is 3. The molecule has 6 aromatic carbocycles. The molecule has 0 bridgehead atoms. The molecule has 1 fully saturated rings. The maximum absolute atomic E-state index is 13.9. The van der Waals surface area contributed by atoms with Crippen LogP contribution >= 0.6 is 8.60 Å². The van der Waals surface area contributed by atoms with E-state index in [4.69, 9.17) is 27.8 Å². The SMILES string of the molecule is COc1cc(-c2cc(OC)cc(C(C)(C)C)c2OP2OC(c3ccccc3)(c3ccccc3)C(c3ccccc3)(c3ccccc3)O2)c(OC(=O)C(C)(C)C)c(C(C)(C)C)c1. The molecular formula is C53H57O7P. The quantitative estimate of drug-likeness (QED) is 0.0773. The predicted octanol–water partition coefficient (Wildman–Crippen LogP) is 13.5. The summed E-state index contributed by atoms with van der Waals surface area (Å²) in [4.78, 5) is 13.9. The molecule has 0 spiro atoms. The average molecular weight is 837 g/mol. The van der Waals surface area contributed by atoms with Crippen LogP contribution in [0.5, 0.6) is 23.0 Å². The fraction of sp³-hybridized carbons (Fsp3) is 0.302. The molecule has 0 saturated carbocycles. The second-order valence-corrected chi connectivity index (χ2v) is 19.6. The van der Waals surface area contributed by atoms with Crippen molar-refractivity contribution in [3.8, 4) is 34.1 Å². The van der Waals surface area contributed by atoms with Crippen molar-refractivity contribution in [3.63, 3.8) is 0 Å². The molecule has 0 aromatic heterocycles. The van der Waals surface area contributed by atoms with Crippen molar-refractivity contribution in [2.45, 2.75) is 84.3 Å². The van der Waals surface area contributed by atoms with Crippen molar-refractivity contribution >= 4 is 14.6 Å². The zero-order valence-corrected chi connectivity index (χ0v) is 38.1. The van der Waals surface area contributed by atoms with Gasteiger partial charge in [-0.05, 0) is 78.1 Å². The van der Waals surface area contributed by atoms with Crippen molar-refractivity contribution in [3.05, 3.63) is 179 Å². The Hall–Kier alpha value is -5.46. The summed E-state index contributed by atoms with van der Waals surface area (Å²) in [5.74, 6) is 1.75. The Morgan fingerprint density at radius 1 is 0.492 bits per heavy atom. The third-order valence-electron chi connectivity index (χ3n) is 11.1. The van der Waals surface area contributed by atoms with Crippen LogP contribution in [-0.2, 0) is 35.9 Å². The Morgan fingerprint density at radius 2 is 0.820 bits per heavy atom. The number of hydrogen-bond donors (Lipinski definition) is 0. The van der Waals surface area contributed by atoms with Crippen molar-refractivity contribution in [1.82, 2.24) is 0 Å². The Morgan fingerprint density at radius 3 is 1.13 bits per heavy atom. The highest BCUT2D eigenvalue weighted by molar-refractivity contribution is 7.42. The van der Waals surface area contributed by atoms with Gasteiger partial charge in [0.15, 0.2) is 11.2 Å². The molecule has 1 aliphatic heterocycles. The number of carbonyl (C=O) groups is 1. The van der Waals surface area contributed by atoms with Gasteiger partial charge in [-0.2, -0.15) is 0 Å². The summed E-state index contributed by atoms with van der Waals surface area (Å²) in [5, 5.41) is 0. The number of methoxy groups -OCH3 is 2. The zero-order chi connectivity index (χ0) is 43.8. The highest BCUT2D eigenvalue weighted by Gasteiger charge is 2.67. The van der Waals surface area contributed by atoms with Gasteiger partial charge in [-0.3, -0.25) is 13.8 Å². The maximum atomic E-state index is 13.9. The van der Waals surface area contributed by atoms with Crippen LogP contribution in [0.4, 0.5) is 0 Å². The lowest BCUT2D eigenvalue weighted by atomic mass is 9.66. The summed E-state index contributed by atoms with van der Waals surface area (Å²) in [6, 6.07) is 48.8. The van der Waals surface area contributed by atoms with Gasteiger partial charge in [0.25, 0.3) is 0 Å². The zero-order valence-electron chi connectivity index (χ0n) is 37.2. The van der Waals surface area contributed by atoms with E-state index in [2.05, 4.69) is 90.1 Å². The molecule has 0 N–H and O–H groups in total. The van der Waals surface area contributed by atoms with E-state index in [9.17, 15) is 4.79 Å². The Kier molecular flexibility index (Phi) is 12.0. The van der Waals surface area contributed by atoms with E-state index in [1.165, 1.54) is 0 Å². The third kappa shape index (κ3) is 8.20. The van der Waals surface area contributed by atoms with Gasteiger partial charge in [-0.15, -0.1) is 0 Å². The summed E-state index contributed by atoms with van der Waals surface area (Å²) in [5.41, 5.74) is 2.22. The second-order valence-electron chi connectivity index (χ2n) is 18.6. The summed E-state index contributed by atoms with van der Waals surface area (Å²) < 4.78 is 41.1. The average Bonchev–Trinajstić information content (AvgIpc) is 3.60. The fourth-order valence-electron chi connectivity index (χ4n) is 7.94. The van der Waals surface area contributed by atoms with E-state index in [0.29, 0.717) is 34.1 Å². The minimum absolute atomic E-state index is 0.372. The lowest BCUT2D eigenvalue weighted by molar-refractivity contribution is -0.143. The topological polar surface area (TPSA) is 72.5 Å². The van der Waals surface area contributed by atoms with Gasteiger partial charge >= 0.3 is 14.6 Å². The molecule has 1 heterocycles. The minimum atomic E-state index is -2.24. The van der Waals surface area contributed by atoms with Crippen LogP contribution in [0.2, 0.25) is 0 Å². The smallest absolute Gasteiger partial charge is 0.400 e. The molecule has 6 aromatic rings. The van der Waals surface area contributed by atoms with Gasteiger partial charge in [0.05, 0.1) is 19.6 Å². The number of rotatable bonds is 10. The molecule has 61 heavy (non-hydrogen) atoms. The van der Waals surface area contributed by atoms with Crippen LogP contribution in [0.3, 0.4) is 0 Å².